The molecular formula is C12H21ClO3. The number of alkyl halides is 1. The Morgan fingerprint density at radius 3 is 2.56 bits per heavy atom. The Morgan fingerprint density at radius 1 is 1.50 bits per heavy atom. The molecule has 0 aromatic rings. The molecule has 0 aromatic heterocycles. The van der Waals surface area contributed by atoms with Gasteiger partial charge in [-0.2, -0.15) is 0 Å². The molecule has 2 unspecified atom stereocenters. The number of rotatable bonds is 4. The second kappa shape index (κ2) is 5.87. The van der Waals surface area contributed by atoms with Crippen LogP contribution in [0.25, 0.3) is 0 Å². The van der Waals surface area contributed by atoms with E-state index >= 15 is 0 Å². The van der Waals surface area contributed by atoms with Gasteiger partial charge in [0.15, 0.2) is 4.87 Å². The number of esters is 1. The maximum Gasteiger partial charge on any atom is 0.329 e. The highest BCUT2D eigenvalue weighted by atomic mass is 35.5. The first-order valence-corrected chi connectivity index (χ1v) is 6.42. The third-order valence-electron chi connectivity index (χ3n) is 3.33. The lowest BCUT2D eigenvalue weighted by molar-refractivity contribution is -0.150. The van der Waals surface area contributed by atoms with Crippen molar-refractivity contribution in [1.82, 2.24) is 0 Å². The van der Waals surface area contributed by atoms with Crippen LogP contribution in [0.3, 0.4) is 0 Å². The molecule has 4 heteroatoms. The predicted octanol–water partition coefficient (Wildman–Crippen LogP) is 2.49. The predicted molar refractivity (Wildman–Crippen MR) is 63.5 cm³/mol. The van der Waals surface area contributed by atoms with Gasteiger partial charge >= 0.3 is 5.97 Å². The van der Waals surface area contributed by atoms with Crippen LogP contribution in [-0.2, 0) is 9.53 Å². The van der Waals surface area contributed by atoms with Crippen LogP contribution in [0.1, 0.15) is 46.0 Å². The molecule has 0 aromatic carbocycles. The fraction of sp³-hybridized carbons (Fsp3) is 0.917. The van der Waals surface area contributed by atoms with Crippen LogP contribution in [0.2, 0.25) is 0 Å². The van der Waals surface area contributed by atoms with E-state index < -0.39 is 16.9 Å². The van der Waals surface area contributed by atoms with Gasteiger partial charge in [-0.1, -0.05) is 19.3 Å². The van der Waals surface area contributed by atoms with Crippen molar-refractivity contribution in [2.45, 2.75) is 56.9 Å². The molecule has 0 bridgehead atoms. The molecule has 94 valence electrons. The average Bonchev–Trinajstić information content (AvgIpc) is 2.29. The van der Waals surface area contributed by atoms with Crippen molar-refractivity contribution < 1.29 is 14.6 Å². The minimum Gasteiger partial charge on any atom is -0.465 e. The van der Waals surface area contributed by atoms with E-state index in [-0.39, 0.29) is 5.92 Å². The van der Waals surface area contributed by atoms with Crippen LogP contribution in [0.4, 0.5) is 0 Å². The van der Waals surface area contributed by atoms with Crippen LogP contribution in [-0.4, -0.2) is 28.7 Å². The zero-order chi connectivity index (χ0) is 12.2. The third kappa shape index (κ3) is 3.11. The number of carbonyl (C=O) groups excluding carboxylic acids is 1. The van der Waals surface area contributed by atoms with Gasteiger partial charge in [-0.15, -0.1) is 11.6 Å². The van der Waals surface area contributed by atoms with Gasteiger partial charge in [-0.05, 0) is 32.6 Å². The van der Waals surface area contributed by atoms with Crippen LogP contribution in [0.5, 0.6) is 0 Å². The summed E-state index contributed by atoms with van der Waals surface area (Å²) in [6.07, 6.45) is 4.51. The Bertz CT molecular complexity index is 234. The number of halogens is 1. The van der Waals surface area contributed by atoms with E-state index in [1.807, 2.05) is 0 Å². The van der Waals surface area contributed by atoms with Crippen molar-refractivity contribution in [2.75, 3.05) is 6.61 Å². The van der Waals surface area contributed by atoms with Gasteiger partial charge < -0.3 is 9.84 Å². The fourth-order valence-electron chi connectivity index (χ4n) is 2.29. The molecule has 0 saturated heterocycles. The minimum absolute atomic E-state index is 0.126. The number of aliphatic hydroxyl groups is 1. The lowest BCUT2D eigenvalue weighted by atomic mass is 9.80. The molecule has 1 saturated carbocycles. The summed E-state index contributed by atoms with van der Waals surface area (Å²) in [5, 5.41) is 10.2. The molecule has 0 radical (unpaired) electrons. The van der Waals surface area contributed by atoms with Crippen LogP contribution in [0, 0.1) is 5.92 Å². The quantitative estimate of drug-likeness (QED) is 0.614. The highest BCUT2D eigenvalue weighted by Crippen LogP contribution is 2.34. The van der Waals surface area contributed by atoms with Crippen molar-refractivity contribution in [3.8, 4) is 0 Å². The van der Waals surface area contributed by atoms with Crippen molar-refractivity contribution in [1.29, 1.82) is 0 Å². The SMILES string of the molecule is CCOC(=O)C(C)(Cl)C(O)C1CCCCC1. The number of ether oxygens (including phenoxy) is 1. The second-order valence-corrected chi connectivity index (χ2v) is 5.42. The fourth-order valence-corrected chi connectivity index (χ4v) is 2.52. The molecule has 0 heterocycles. The standard InChI is InChI=1S/C12H21ClO3/c1-3-16-11(15)12(2,13)10(14)9-7-5-4-6-8-9/h9-10,14H,3-8H2,1-2H3. The lowest BCUT2D eigenvalue weighted by Gasteiger charge is -2.34. The summed E-state index contributed by atoms with van der Waals surface area (Å²) in [6, 6.07) is 0. The molecule has 2 atom stereocenters. The van der Waals surface area contributed by atoms with E-state index in [4.69, 9.17) is 16.3 Å². The topological polar surface area (TPSA) is 46.5 Å². The lowest BCUT2D eigenvalue weighted by Crippen LogP contribution is -2.47. The molecule has 1 rings (SSSR count). The van der Waals surface area contributed by atoms with Crippen molar-refractivity contribution in [3.63, 3.8) is 0 Å². The van der Waals surface area contributed by atoms with Gasteiger partial charge in [-0.3, -0.25) is 4.79 Å². The number of hydrogen-bond donors (Lipinski definition) is 1. The molecule has 1 fully saturated rings. The molecule has 1 aliphatic carbocycles. The van der Waals surface area contributed by atoms with Crippen molar-refractivity contribution >= 4 is 17.6 Å². The molecule has 16 heavy (non-hydrogen) atoms. The second-order valence-electron chi connectivity index (χ2n) is 4.64. The Kier molecular flexibility index (Phi) is 5.06. The largest absolute Gasteiger partial charge is 0.465 e. The van der Waals surface area contributed by atoms with Crippen LogP contribution < -0.4 is 0 Å². The first-order valence-electron chi connectivity index (χ1n) is 6.04. The van der Waals surface area contributed by atoms with Gasteiger partial charge in [0, 0.05) is 0 Å². The average molecular weight is 249 g/mol. The molecule has 0 amide bonds. The molecular weight excluding hydrogens is 228 g/mol. The third-order valence-corrected chi connectivity index (χ3v) is 3.70. The van der Waals surface area contributed by atoms with E-state index in [1.54, 1.807) is 13.8 Å². The van der Waals surface area contributed by atoms with Crippen LogP contribution in [0.15, 0.2) is 0 Å². The highest BCUT2D eigenvalue weighted by molar-refractivity contribution is 6.34. The maximum absolute atomic E-state index is 11.6. The first kappa shape index (κ1) is 13.8. The summed E-state index contributed by atoms with van der Waals surface area (Å²) in [6.45, 7) is 3.57. The smallest absolute Gasteiger partial charge is 0.329 e. The zero-order valence-corrected chi connectivity index (χ0v) is 10.8. The first-order chi connectivity index (χ1) is 7.50. The van der Waals surface area contributed by atoms with E-state index in [0.717, 1.165) is 25.7 Å². The Morgan fingerprint density at radius 2 is 2.06 bits per heavy atom. The van der Waals surface area contributed by atoms with Gasteiger partial charge in [0.2, 0.25) is 0 Å². The minimum atomic E-state index is -1.31. The Labute approximate surface area is 102 Å². The number of aliphatic hydroxyl groups excluding tert-OH is 1. The van der Waals surface area contributed by atoms with Gasteiger partial charge in [0.1, 0.15) is 0 Å². The van der Waals surface area contributed by atoms with Crippen molar-refractivity contribution in [3.05, 3.63) is 0 Å². The summed E-state index contributed by atoms with van der Waals surface area (Å²) in [4.78, 5) is 10.3. The summed E-state index contributed by atoms with van der Waals surface area (Å²) >= 11 is 6.12. The van der Waals surface area contributed by atoms with E-state index in [0.29, 0.717) is 6.61 Å². The van der Waals surface area contributed by atoms with E-state index in [9.17, 15) is 9.90 Å². The maximum atomic E-state index is 11.6. The summed E-state index contributed by atoms with van der Waals surface area (Å²) in [5.74, 6) is -0.393. The number of carbonyl (C=O) groups is 1. The Balaban J connectivity index is 2.61. The van der Waals surface area contributed by atoms with Crippen LogP contribution >= 0.6 is 11.6 Å². The van der Waals surface area contributed by atoms with Crippen molar-refractivity contribution in [2.24, 2.45) is 5.92 Å². The van der Waals surface area contributed by atoms with Gasteiger partial charge in [-0.25, -0.2) is 0 Å². The molecule has 0 spiro atoms. The molecule has 1 aliphatic rings. The normalized spacial score (nSPS) is 23.5. The van der Waals surface area contributed by atoms with E-state index in [1.165, 1.54) is 6.42 Å². The summed E-state index contributed by atoms with van der Waals surface area (Å²) < 4.78 is 4.89. The Hall–Kier alpha value is -0.280. The molecule has 1 N–H and O–H groups in total. The van der Waals surface area contributed by atoms with Gasteiger partial charge in [0.05, 0.1) is 12.7 Å². The molecule has 3 nitrogen and oxygen atoms in total. The highest BCUT2D eigenvalue weighted by Gasteiger charge is 2.44. The number of hydrogen-bond acceptors (Lipinski definition) is 3. The zero-order valence-electron chi connectivity index (χ0n) is 10.0. The van der Waals surface area contributed by atoms with Gasteiger partial charge in [0.25, 0.3) is 0 Å². The monoisotopic (exact) mass is 248 g/mol. The van der Waals surface area contributed by atoms with E-state index in [2.05, 4.69) is 0 Å². The summed E-state index contributed by atoms with van der Waals surface area (Å²) in [7, 11) is 0. The molecule has 0 aliphatic heterocycles. The summed E-state index contributed by atoms with van der Waals surface area (Å²) in [5.41, 5.74) is 0.